The van der Waals surface area contributed by atoms with Crippen molar-refractivity contribution in [3.8, 4) is 29.0 Å². The Morgan fingerprint density at radius 2 is 1.79 bits per heavy atom. The molecule has 43 heavy (non-hydrogen) atoms. The fourth-order valence-corrected chi connectivity index (χ4v) is 5.38. The monoisotopic (exact) mass is 569 g/mol. The number of nitrogens with two attached hydrogens (primary N) is 1. The highest BCUT2D eigenvalue weighted by Gasteiger charge is 2.21. The maximum absolute atomic E-state index is 9.05. The molecule has 0 radical (unpaired) electrons. The molecule has 1 aliphatic heterocycles. The number of benzene rings is 1. The van der Waals surface area contributed by atoms with E-state index in [0.29, 0.717) is 35.0 Å². The van der Waals surface area contributed by atoms with Crippen molar-refractivity contribution >= 4 is 22.8 Å². The van der Waals surface area contributed by atoms with Crippen LogP contribution in [-0.2, 0) is 6.54 Å². The van der Waals surface area contributed by atoms with Crippen molar-refractivity contribution in [2.75, 3.05) is 24.1 Å². The number of piperidine rings is 1. The lowest BCUT2D eigenvalue weighted by Crippen LogP contribution is -2.38. The van der Waals surface area contributed by atoms with Crippen LogP contribution in [0.4, 0.5) is 11.6 Å². The zero-order valence-corrected chi connectivity index (χ0v) is 23.1. The number of fused-ring (bicyclic) bond motifs is 1. The number of hydrogen-bond acceptors (Lipinski definition) is 11. The van der Waals surface area contributed by atoms with E-state index >= 15 is 0 Å². The normalized spacial score (nSPS) is 14.1. The summed E-state index contributed by atoms with van der Waals surface area (Å²) in [7, 11) is 0. The first-order valence-electron chi connectivity index (χ1n) is 13.9. The molecule has 6 aromatic rings. The van der Waals surface area contributed by atoms with E-state index in [9.17, 15) is 0 Å². The third-order valence-electron chi connectivity index (χ3n) is 7.52. The highest BCUT2D eigenvalue weighted by atomic mass is 15.4. The largest absolute Gasteiger partial charge is 0.383 e. The second kappa shape index (κ2) is 11.3. The van der Waals surface area contributed by atoms with Crippen LogP contribution in [0.3, 0.4) is 0 Å². The Morgan fingerprint density at radius 3 is 2.56 bits per heavy atom. The van der Waals surface area contributed by atoms with Crippen LogP contribution >= 0.6 is 0 Å². The maximum Gasteiger partial charge on any atom is 0.234 e. The summed E-state index contributed by atoms with van der Waals surface area (Å²) in [5.74, 6) is 2.57. The number of anilines is 2. The van der Waals surface area contributed by atoms with Gasteiger partial charge in [0.15, 0.2) is 17.3 Å². The lowest BCUT2D eigenvalue weighted by molar-refractivity contribution is 0.211. The average Bonchev–Trinajstić information content (AvgIpc) is 3.71. The van der Waals surface area contributed by atoms with Gasteiger partial charge in [0.1, 0.15) is 23.2 Å². The summed E-state index contributed by atoms with van der Waals surface area (Å²) in [6.07, 6.45) is 8.62. The molecule has 0 amide bonds. The molecule has 0 saturated carbocycles. The van der Waals surface area contributed by atoms with Crippen molar-refractivity contribution in [2.45, 2.75) is 25.4 Å². The smallest absolute Gasteiger partial charge is 0.234 e. The van der Waals surface area contributed by atoms with Crippen molar-refractivity contribution in [1.82, 2.24) is 49.4 Å². The van der Waals surface area contributed by atoms with Gasteiger partial charge in [-0.3, -0.25) is 9.47 Å². The molecule has 0 unspecified atom stereocenters. The number of pyridine rings is 2. The summed E-state index contributed by atoms with van der Waals surface area (Å²) in [6.45, 7) is 2.77. The molecule has 212 valence electrons. The minimum atomic E-state index is 0.178. The van der Waals surface area contributed by atoms with E-state index in [0.717, 1.165) is 49.2 Å². The van der Waals surface area contributed by atoms with Gasteiger partial charge in [0.25, 0.3) is 0 Å². The number of nitrogens with one attached hydrogen (secondary N) is 1. The number of hydrogen-bond donors (Lipinski definition) is 2. The average molecular weight is 570 g/mol. The molecule has 7 rings (SSSR count). The number of imidazole rings is 1. The van der Waals surface area contributed by atoms with Crippen molar-refractivity contribution in [2.24, 2.45) is 0 Å². The van der Waals surface area contributed by atoms with Crippen molar-refractivity contribution in [3.63, 3.8) is 0 Å². The molecule has 1 aliphatic rings. The minimum absolute atomic E-state index is 0.178. The molecule has 0 spiro atoms. The van der Waals surface area contributed by atoms with E-state index in [1.165, 1.54) is 5.56 Å². The predicted molar refractivity (Wildman–Crippen MR) is 160 cm³/mol. The van der Waals surface area contributed by atoms with E-state index in [4.69, 9.17) is 21.0 Å². The third-order valence-corrected chi connectivity index (χ3v) is 7.52. The zero-order valence-electron chi connectivity index (χ0n) is 23.1. The Labute approximate surface area is 246 Å². The molecule has 5 aromatic heterocycles. The number of aromatic nitrogens is 9. The summed E-state index contributed by atoms with van der Waals surface area (Å²) in [6, 6.07) is 20.1. The minimum Gasteiger partial charge on any atom is -0.383 e. The summed E-state index contributed by atoms with van der Waals surface area (Å²) in [4.78, 5) is 24.7. The summed E-state index contributed by atoms with van der Waals surface area (Å²) in [5.41, 5.74) is 10.6. The molecule has 0 bridgehead atoms. The highest BCUT2D eigenvalue weighted by Crippen LogP contribution is 2.31. The van der Waals surface area contributed by atoms with Gasteiger partial charge >= 0.3 is 0 Å². The van der Waals surface area contributed by atoms with Crippen molar-refractivity contribution in [1.29, 1.82) is 5.26 Å². The molecule has 0 aliphatic carbocycles. The van der Waals surface area contributed by atoms with E-state index in [1.54, 1.807) is 35.5 Å². The van der Waals surface area contributed by atoms with Gasteiger partial charge in [0.05, 0.1) is 18.0 Å². The van der Waals surface area contributed by atoms with Gasteiger partial charge in [-0.25, -0.2) is 29.6 Å². The van der Waals surface area contributed by atoms with Crippen LogP contribution in [0, 0.1) is 11.3 Å². The molecule has 6 heterocycles. The highest BCUT2D eigenvalue weighted by molar-refractivity contribution is 5.83. The second-order valence-corrected chi connectivity index (χ2v) is 10.3. The maximum atomic E-state index is 9.05. The summed E-state index contributed by atoms with van der Waals surface area (Å²) in [5, 5.41) is 20.5. The van der Waals surface area contributed by atoms with E-state index in [-0.39, 0.29) is 5.82 Å². The number of nitriles is 1. The first-order valence-corrected chi connectivity index (χ1v) is 13.9. The first-order chi connectivity index (χ1) is 21.1. The Balaban J connectivity index is 1.12. The van der Waals surface area contributed by atoms with Gasteiger partial charge in [-0.2, -0.15) is 5.26 Å². The predicted octanol–water partition coefficient (Wildman–Crippen LogP) is 3.38. The van der Waals surface area contributed by atoms with Crippen LogP contribution in [0.1, 0.15) is 24.2 Å². The van der Waals surface area contributed by atoms with Crippen molar-refractivity contribution < 1.29 is 0 Å². The van der Waals surface area contributed by atoms with Crippen LogP contribution in [0.2, 0.25) is 0 Å². The van der Waals surface area contributed by atoms with Crippen LogP contribution in [-0.4, -0.2) is 68.5 Å². The fraction of sp³-hybridized carbons (Fsp3) is 0.200. The fourth-order valence-electron chi connectivity index (χ4n) is 5.38. The topological polar surface area (TPSA) is 165 Å². The van der Waals surface area contributed by atoms with Gasteiger partial charge < -0.3 is 11.1 Å². The zero-order chi connectivity index (χ0) is 29.2. The molecule has 1 aromatic carbocycles. The van der Waals surface area contributed by atoms with Gasteiger partial charge in [0, 0.05) is 43.8 Å². The quantitative estimate of drug-likeness (QED) is 0.289. The van der Waals surface area contributed by atoms with Gasteiger partial charge in [-0.15, -0.1) is 5.10 Å². The molecule has 3 N–H and O–H groups in total. The first kappa shape index (κ1) is 26.2. The molecule has 0 atom stereocenters. The molecular weight excluding hydrogens is 542 g/mol. The molecule has 1 fully saturated rings. The van der Waals surface area contributed by atoms with E-state index in [2.05, 4.69) is 59.7 Å². The third kappa shape index (κ3) is 5.34. The van der Waals surface area contributed by atoms with Gasteiger partial charge in [-0.1, -0.05) is 17.3 Å². The Morgan fingerprint density at radius 1 is 0.930 bits per heavy atom. The van der Waals surface area contributed by atoms with Gasteiger partial charge in [0.2, 0.25) is 5.82 Å². The van der Waals surface area contributed by atoms with Crippen LogP contribution in [0.25, 0.3) is 34.1 Å². The summed E-state index contributed by atoms with van der Waals surface area (Å²) < 4.78 is 3.63. The van der Waals surface area contributed by atoms with Crippen LogP contribution < -0.4 is 11.1 Å². The Bertz CT molecular complexity index is 1910. The molecule has 13 nitrogen and oxygen atoms in total. The Hall–Kier alpha value is -5.74. The lowest BCUT2D eigenvalue weighted by Gasteiger charge is -2.32. The Kier molecular flexibility index (Phi) is 6.86. The van der Waals surface area contributed by atoms with Gasteiger partial charge in [-0.05, 0) is 60.9 Å². The number of likely N-dealkylation sites (tertiary alicyclic amines) is 1. The van der Waals surface area contributed by atoms with E-state index < -0.39 is 0 Å². The number of nitrogen functional groups attached to an aromatic ring is 1. The molecule has 13 heteroatoms. The van der Waals surface area contributed by atoms with Crippen LogP contribution in [0.15, 0.2) is 79.4 Å². The lowest BCUT2D eigenvalue weighted by atomic mass is 10.0. The van der Waals surface area contributed by atoms with E-state index in [1.807, 2.05) is 34.9 Å². The SMILES string of the molecule is N#Cc1nccc(NC2CCN(Cc3ccc(-n4c(-c5cccnc5N)nc5ccc(-n6ccnn6)nc54)cc3)CC2)n1. The molecular formula is C30H27N13. The summed E-state index contributed by atoms with van der Waals surface area (Å²) >= 11 is 0. The number of nitrogens with zero attached hydrogens (tertiary/aromatic N) is 11. The second-order valence-electron chi connectivity index (χ2n) is 10.3. The van der Waals surface area contributed by atoms with Crippen LogP contribution in [0.5, 0.6) is 0 Å². The number of rotatable bonds is 7. The molecule has 1 saturated heterocycles. The standard InChI is InChI=1S/C30H27N13/c31-18-26-33-13-9-25(38-26)36-21-10-15-41(16-11-21)19-20-3-5-22(6-4-20)43-29(23-2-1-12-34-28(23)32)37-24-7-8-27(39-30(24)43)42-17-14-35-40-42/h1-9,12-14,17,21H,10-11,15-16,19H2,(H2,32,34)(H,33,36,38). The van der Waals surface area contributed by atoms with Crippen molar-refractivity contribution in [3.05, 3.63) is 90.8 Å².